The zero-order valence-electron chi connectivity index (χ0n) is 11.6. The van der Waals surface area contributed by atoms with Crippen molar-refractivity contribution in [1.82, 2.24) is 0 Å². The number of morpholine rings is 1. The van der Waals surface area contributed by atoms with Gasteiger partial charge in [0.25, 0.3) is 0 Å². The lowest BCUT2D eigenvalue weighted by atomic mass is 10.1. The molecule has 0 aromatic rings. The molecule has 1 fully saturated rings. The van der Waals surface area contributed by atoms with Crippen molar-refractivity contribution >= 4 is 0 Å². The third-order valence-electron chi connectivity index (χ3n) is 3.69. The van der Waals surface area contributed by atoms with E-state index in [4.69, 9.17) is 4.74 Å². The molecule has 0 aliphatic carbocycles. The number of hydroxylamine groups is 3. The van der Waals surface area contributed by atoms with Gasteiger partial charge in [-0.3, -0.25) is 0 Å². The second-order valence-corrected chi connectivity index (χ2v) is 5.38. The zero-order valence-corrected chi connectivity index (χ0v) is 11.6. The molecule has 1 saturated heterocycles. The van der Waals surface area contributed by atoms with Crippen LogP contribution in [0.2, 0.25) is 0 Å². The van der Waals surface area contributed by atoms with E-state index in [1.54, 1.807) is 0 Å². The summed E-state index contributed by atoms with van der Waals surface area (Å²) in [7, 11) is 0. The number of rotatable bonds is 8. The summed E-state index contributed by atoms with van der Waals surface area (Å²) in [5, 5.41) is 12.5. The minimum atomic E-state index is -0.00318. The Morgan fingerprint density at radius 2 is 1.82 bits per heavy atom. The molecule has 17 heavy (non-hydrogen) atoms. The molecule has 102 valence electrons. The minimum absolute atomic E-state index is 0.00318. The van der Waals surface area contributed by atoms with Crippen LogP contribution < -0.4 is 0 Å². The summed E-state index contributed by atoms with van der Waals surface area (Å²) in [5.74, 6) is 0. The van der Waals surface area contributed by atoms with Crippen LogP contribution in [0.3, 0.4) is 0 Å². The largest absolute Gasteiger partial charge is 0.633 e. The van der Waals surface area contributed by atoms with Crippen molar-refractivity contribution in [3.8, 4) is 0 Å². The highest BCUT2D eigenvalue weighted by molar-refractivity contribution is 4.64. The average Bonchev–Trinajstić information content (AvgIpc) is 2.30. The van der Waals surface area contributed by atoms with Gasteiger partial charge >= 0.3 is 0 Å². The molecule has 1 rings (SSSR count). The molecular formula is C14H29NO2. The molecule has 0 aromatic carbocycles. The summed E-state index contributed by atoms with van der Waals surface area (Å²) in [6.07, 6.45) is 8.44. The SMILES string of the molecule is CCCCCC1C[N+]([O-])(CCCCC)CCO1. The fourth-order valence-electron chi connectivity index (χ4n) is 2.55. The number of hydrogen-bond donors (Lipinski definition) is 0. The maximum absolute atomic E-state index is 12.5. The van der Waals surface area contributed by atoms with Crippen LogP contribution in [0.4, 0.5) is 0 Å². The second-order valence-electron chi connectivity index (χ2n) is 5.38. The van der Waals surface area contributed by atoms with E-state index in [0.717, 1.165) is 19.4 Å². The first kappa shape index (κ1) is 14.9. The van der Waals surface area contributed by atoms with Crippen molar-refractivity contribution in [2.45, 2.75) is 64.9 Å². The summed E-state index contributed by atoms with van der Waals surface area (Å²) < 4.78 is 5.71. The van der Waals surface area contributed by atoms with Crippen molar-refractivity contribution in [2.24, 2.45) is 0 Å². The van der Waals surface area contributed by atoms with Gasteiger partial charge in [0.05, 0.1) is 13.2 Å². The molecule has 0 N–H and O–H groups in total. The highest BCUT2D eigenvalue weighted by atomic mass is 16.6. The fraction of sp³-hybridized carbons (Fsp3) is 1.00. The van der Waals surface area contributed by atoms with E-state index in [0.29, 0.717) is 19.7 Å². The van der Waals surface area contributed by atoms with E-state index in [-0.39, 0.29) is 10.8 Å². The summed E-state index contributed by atoms with van der Waals surface area (Å²) in [6.45, 7) is 7.19. The summed E-state index contributed by atoms with van der Waals surface area (Å²) in [4.78, 5) is 0. The Kier molecular flexibility index (Phi) is 7.09. The topological polar surface area (TPSA) is 32.3 Å². The quantitative estimate of drug-likeness (QED) is 0.371. The third kappa shape index (κ3) is 5.84. The molecule has 1 aliphatic rings. The van der Waals surface area contributed by atoms with Gasteiger partial charge in [0.2, 0.25) is 0 Å². The molecule has 0 bridgehead atoms. The van der Waals surface area contributed by atoms with E-state index in [2.05, 4.69) is 13.8 Å². The molecular weight excluding hydrogens is 214 g/mol. The number of unbranched alkanes of at least 4 members (excludes halogenated alkanes) is 4. The Bertz CT molecular complexity index is 199. The molecule has 0 radical (unpaired) electrons. The Labute approximate surface area is 106 Å². The van der Waals surface area contributed by atoms with Gasteiger partial charge in [0.15, 0.2) is 0 Å². The molecule has 2 unspecified atom stereocenters. The lowest BCUT2D eigenvalue weighted by Gasteiger charge is -2.48. The minimum Gasteiger partial charge on any atom is -0.633 e. The van der Waals surface area contributed by atoms with Crippen LogP contribution in [0.5, 0.6) is 0 Å². The van der Waals surface area contributed by atoms with Crippen LogP contribution in [0.15, 0.2) is 0 Å². The van der Waals surface area contributed by atoms with Crippen molar-refractivity contribution in [3.05, 3.63) is 5.21 Å². The van der Waals surface area contributed by atoms with Gasteiger partial charge in [0, 0.05) is 0 Å². The first-order valence-electron chi connectivity index (χ1n) is 7.39. The van der Waals surface area contributed by atoms with Crippen LogP contribution in [0.1, 0.15) is 58.8 Å². The second kappa shape index (κ2) is 8.06. The van der Waals surface area contributed by atoms with Crippen molar-refractivity contribution in [1.29, 1.82) is 0 Å². The smallest absolute Gasteiger partial charge is 0.107 e. The molecule has 2 atom stereocenters. The van der Waals surface area contributed by atoms with Crippen molar-refractivity contribution in [3.63, 3.8) is 0 Å². The Morgan fingerprint density at radius 1 is 1.12 bits per heavy atom. The Hall–Kier alpha value is -0.120. The van der Waals surface area contributed by atoms with Gasteiger partial charge < -0.3 is 14.6 Å². The van der Waals surface area contributed by atoms with Gasteiger partial charge in [-0.1, -0.05) is 39.5 Å². The van der Waals surface area contributed by atoms with Gasteiger partial charge in [-0.2, -0.15) is 0 Å². The predicted octanol–water partition coefficient (Wildman–Crippen LogP) is 3.47. The molecule has 0 saturated carbocycles. The molecule has 1 heterocycles. The molecule has 0 amide bonds. The Balaban J connectivity index is 2.25. The van der Waals surface area contributed by atoms with E-state index in [1.165, 1.54) is 32.1 Å². The lowest BCUT2D eigenvalue weighted by Crippen LogP contribution is -2.54. The highest BCUT2D eigenvalue weighted by Gasteiger charge is 2.27. The van der Waals surface area contributed by atoms with Crippen LogP contribution in [-0.2, 0) is 4.74 Å². The third-order valence-corrected chi connectivity index (χ3v) is 3.69. The van der Waals surface area contributed by atoms with Gasteiger partial charge in [-0.15, -0.1) is 0 Å². The van der Waals surface area contributed by atoms with Crippen LogP contribution in [0, 0.1) is 5.21 Å². The van der Waals surface area contributed by atoms with Gasteiger partial charge in [-0.05, 0) is 19.3 Å². The first-order chi connectivity index (χ1) is 8.20. The standard InChI is InChI=1S/C14H29NO2/c1-3-5-7-9-14-13-15(16,11-12-17-14)10-8-6-4-2/h14H,3-13H2,1-2H3. The number of quaternary nitrogens is 1. The lowest BCUT2D eigenvalue weighted by molar-refractivity contribution is -0.892. The van der Waals surface area contributed by atoms with Crippen LogP contribution in [-0.4, -0.2) is 37.0 Å². The number of ether oxygens (including phenoxy) is 1. The predicted molar refractivity (Wildman–Crippen MR) is 71.6 cm³/mol. The van der Waals surface area contributed by atoms with E-state index < -0.39 is 0 Å². The maximum atomic E-state index is 12.5. The first-order valence-corrected chi connectivity index (χ1v) is 7.39. The fourth-order valence-corrected chi connectivity index (χ4v) is 2.55. The monoisotopic (exact) mass is 243 g/mol. The number of nitrogens with zero attached hydrogens (tertiary/aromatic N) is 1. The Morgan fingerprint density at radius 3 is 2.53 bits per heavy atom. The van der Waals surface area contributed by atoms with Crippen molar-refractivity contribution in [2.75, 3.05) is 26.2 Å². The summed E-state index contributed by atoms with van der Waals surface area (Å²) in [6, 6.07) is 0. The molecule has 3 nitrogen and oxygen atoms in total. The summed E-state index contributed by atoms with van der Waals surface area (Å²) in [5.41, 5.74) is 0. The molecule has 0 spiro atoms. The van der Waals surface area contributed by atoms with E-state index >= 15 is 0 Å². The van der Waals surface area contributed by atoms with Gasteiger partial charge in [0.1, 0.15) is 19.2 Å². The van der Waals surface area contributed by atoms with Crippen LogP contribution >= 0.6 is 0 Å². The number of hydrogen-bond acceptors (Lipinski definition) is 2. The molecule has 1 aliphatic heterocycles. The van der Waals surface area contributed by atoms with E-state index in [1.807, 2.05) is 0 Å². The maximum Gasteiger partial charge on any atom is 0.107 e. The average molecular weight is 243 g/mol. The molecule has 0 aromatic heterocycles. The zero-order chi connectivity index (χ0) is 12.6. The summed E-state index contributed by atoms with van der Waals surface area (Å²) >= 11 is 0. The highest BCUT2D eigenvalue weighted by Crippen LogP contribution is 2.19. The normalized spacial score (nSPS) is 29.5. The van der Waals surface area contributed by atoms with Gasteiger partial charge in [-0.25, -0.2) is 0 Å². The van der Waals surface area contributed by atoms with Crippen LogP contribution in [0.25, 0.3) is 0 Å². The van der Waals surface area contributed by atoms with Crippen molar-refractivity contribution < 1.29 is 9.38 Å². The molecule has 3 heteroatoms. The van der Waals surface area contributed by atoms with E-state index in [9.17, 15) is 5.21 Å².